The molecule has 0 saturated carbocycles. The number of benzene rings is 1. The molecule has 8 nitrogen and oxygen atoms in total. The van der Waals surface area contributed by atoms with Crippen LogP contribution < -0.4 is 20.1 Å². The Bertz CT molecular complexity index is 1440. The molecule has 37 heavy (non-hydrogen) atoms. The number of anilines is 2. The van der Waals surface area contributed by atoms with Crippen LogP contribution in [0.15, 0.2) is 52.3 Å². The molecule has 3 aromatic rings. The Hall–Kier alpha value is -3.37. The molecule has 192 valence electrons. The van der Waals surface area contributed by atoms with E-state index in [-0.39, 0.29) is 11.5 Å². The van der Waals surface area contributed by atoms with Crippen LogP contribution in [0.5, 0.6) is 5.75 Å². The van der Waals surface area contributed by atoms with Crippen LogP contribution in [0.3, 0.4) is 0 Å². The molecule has 2 aliphatic heterocycles. The normalized spacial score (nSPS) is 17.4. The van der Waals surface area contributed by atoms with Gasteiger partial charge >= 0.3 is 0 Å². The molecule has 0 bridgehead atoms. The number of thioether (sulfide) groups is 1. The number of pyridine rings is 1. The number of nitrogens with zero attached hydrogens (tertiary/aromatic N) is 5. The average molecular weight is 536 g/mol. The highest BCUT2D eigenvalue weighted by Crippen LogP contribution is 2.34. The summed E-state index contributed by atoms with van der Waals surface area (Å²) in [4.78, 5) is 38.3. The van der Waals surface area contributed by atoms with Crippen LogP contribution in [0.25, 0.3) is 11.7 Å². The minimum absolute atomic E-state index is 0.152. The van der Waals surface area contributed by atoms with Gasteiger partial charge < -0.3 is 14.5 Å². The standard InChI is InChI=1S/C27H29N5O3S2/c1-4-11-32-26(34)22(37-27(32)36)17-21-24(28-23-18(2)6-5-12-31(23)25(21)33)30-15-13-29(14-16-30)19-7-9-20(35-3)10-8-19/h5-10,12,17H,4,11,13-16H2,1-3H3/b22-17+. The molecule has 0 atom stereocenters. The van der Waals surface area contributed by atoms with E-state index in [1.807, 2.05) is 38.1 Å². The van der Waals surface area contributed by atoms with Crippen LogP contribution in [-0.4, -0.2) is 64.3 Å². The van der Waals surface area contributed by atoms with Gasteiger partial charge in [-0.25, -0.2) is 4.98 Å². The molecule has 1 aromatic carbocycles. The summed E-state index contributed by atoms with van der Waals surface area (Å²) in [6.07, 6.45) is 4.22. The summed E-state index contributed by atoms with van der Waals surface area (Å²) in [5, 5.41) is 0. The van der Waals surface area contributed by atoms with Crippen LogP contribution in [0.2, 0.25) is 0 Å². The minimum atomic E-state index is -0.193. The van der Waals surface area contributed by atoms with Crippen molar-refractivity contribution in [2.24, 2.45) is 0 Å². The van der Waals surface area contributed by atoms with E-state index in [1.165, 1.54) is 11.8 Å². The van der Waals surface area contributed by atoms with Crippen molar-refractivity contribution in [2.75, 3.05) is 49.6 Å². The average Bonchev–Trinajstić information content (AvgIpc) is 3.18. The van der Waals surface area contributed by atoms with Crippen molar-refractivity contribution in [2.45, 2.75) is 20.3 Å². The fourth-order valence-corrected chi connectivity index (χ4v) is 5.98. The predicted molar refractivity (Wildman–Crippen MR) is 154 cm³/mol. The van der Waals surface area contributed by atoms with Crippen LogP contribution in [0, 0.1) is 6.92 Å². The van der Waals surface area contributed by atoms with E-state index in [4.69, 9.17) is 21.9 Å². The third kappa shape index (κ3) is 4.83. The lowest BCUT2D eigenvalue weighted by Crippen LogP contribution is -2.47. The molecule has 10 heteroatoms. The molecule has 0 unspecified atom stereocenters. The Morgan fingerprint density at radius 3 is 2.46 bits per heavy atom. The van der Waals surface area contributed by atoms with E-state index >= 15 is 0 Å². The maximum atomic E-state index is 13.7. The maximum Gasteiger partial charge on any atom is 0.267 e. The molecular formula is C27H29N5O3S2. The van der Waals surface area contributed by atoms with Crippen molar-refractivity contribution >= 4 is 57.4 Å². The molecule has 2 aliphatic rings. The quantitative estimate of drug-likeness (QED) is 0.347. The number of hydrogen-bond acceptors (Lipinski definition) is 8. The second kappa shape index (κ2) is 10.5. The van der Waals surface area contributed by atoms with E-state index < -0.39 is 0 Å². The Morgan fingerprint density at radius 2 is 1.78 bits per heavy atom. The number of methoxy groups -OCH3 is 1. The molecular weight excluding hydrogens is 506 g/mol. The highest BCUT2D eigenvalue weighted by atomic mass is 32.2. The van der Waals surface area contributed by atoms with Gasteiger partial charge in [0.25, 0.3) is 11.5 Å². The molecule has 2 saturated heterocycles. The zero-order valence-corrected chi connectivity index (χ0v) is 22.8. The molecule has 0 N–H and O–H groups in total. The van der Waals surface area contributed by atoms with Crippen molar-refractivity contribution in [3.8, 4) is 5.75 Å². The second-order valence-corrected chi connectivity index (χ2v) is 10.7. The predicted octanol–water partition coefficient (Wildman–Crippen LogP) is 3.95. The summed E-state index contributed by atoms with van der Waals surface area (Å²) in [7, 11) is 1.66. The minimum Gasteiger partial charge on any atom is -0.497 e. The molecule has 0 aliphatic carbocycles. The maximum absolute atomic E-state index is 13.7. The van der Waals surface area contributed by atoms with Crippen LogP contribution in [-0.2, 0) is 4.79 Å². The number of fused-ring (bicyclic) bond motifs is 1. The highest BCUT2D eigenvalue weighted by molar-refractivity contribution is 8.26. The number of piperazine rings is 1. The highest BCUT2D eigenvalue weighted by Gasteiger charge is 2.32. The van der Waals surface area contributed by atoms with Gasteiger partial charge in [0.05, 0.1) is 17.6 Å². The van der Waals surface area contributed by atoms with Gasteiger partial charge in [0.1, 0.15) is 21.5 Å². The number of thiocarbonyl (C=S) groups is 1. The topological polar surface area (TPSA) is 70.4 Å². The summed E-state index contributed by atoms with van der Waals surface area (Å²) in [6.45, 7) is 7.46. The van der Waals surface area contributed by atoms with E-state index in [9.17, 15) is 9.59 Å². The van der Waals surface area contributed by atoms with Gasteiger partial charge in [-0.3, -0.25) is 18.9 Å². The van der Waals surface area contributed by atoms with Gasteiger partial charge in [-0.2, -0.15) is 0 Å². The largest absolute Gasteiger partial charge is 0.497 e. The second-order valence-electron chi connectivity index (χ2n) is 9.04. The molecule has 2 fully saturated rings. The van der Waals surface area contributed by atoms with E-state index in [0.717, 1.165) is 36.5 Å². The number of aromatic nitrogens is 2. The number of amides is 1. The summed E-state index contributed by atoms with van der Waals surface area (Å²) in [5.74, 6) is 1.28. The van der Waals surface area contributed by atoms with Gasteiger partial charge in [-0.15, -0.1) is 0 Å². The lowest BCUT2D eigenvalue weighted by molar-refractivity contribution is -0.122. The first-order valence-electron chi connectivity index (χ1n) is 12.3. The van der Waals surface area contributed by atoms with Crippen LogP contribution in [0.4, 0.5) is 11.5 Å². The van der Waals surface area contributed by atoms with Crippen LogP contribution >= 0.6 is 24.0 Å². The molecule has 0 spiro atoms. The number of aryl methyl sites for hydroxylation is 1. The third-order valence-electron chi connectivity index (χ3n) is 6.68. The molecule has 2 aromatic heterocycles. The SMILES string of the molecule is CCCN1C(=O)/C(=C\c2c(N3CCN(c4ccc(OC)cc4)CC3)nc3c(C)cccn3c2=O)SC1=S. The lowest BCUT2D eigenvalue weighted by atomic mass is 10.2. The van der Waals surface area contributed by atoms with Gasteiger partial charge in [0, 0.05) is 44.6 Å². The monoisotopic (exact) mass is 535 g/mol. The van der Waals surface area contributed by atoms with Crippen LogP contribution in [0.1, 0.15) is 24.5 Å². The number of carbonyl (C=O) groups is 1. The van der Waals surface area contributed by atoms with E-state index in [0.29, 0.717) is 45.9 Å². The van der Waals surface area contributed by atoms with Crippen molar-refractivity contribution in [3.63, 3.8) is 0 Å². The number of rotatable bonds is 6. The van der Waals surface area contributed by atoms with Gasteiger partial charge in [0.2, 0.25) is 0 Å². The Balaban J connectivity index is 1.51. The van der Waals surface area contributed by atoms with Gasteiger partial charge in [-0.1, -0.05) is 37.0 Å². The van der Waals surface area contributed by atoms with Crippen molar-refractivity contribution in [1.82, 2.24) is 14.3 Å². The van der Waals surface area contributed by atoms with Gasteiger partial charge in [0.15, 0.2) is 0 Å². The number of carbonyl (C=O) groups excluding carboxylic acids is 1. The molecule has 5 rings (SSSR count). The Labute approximate surface area is 225 Å². The summed E-state index contributed by atoms with van der Waals surface area (Å²) in [5.41, 5.74) is 2.89. The van der Waals surface area contributed by atoms with Crippen molar-refractivity contribution in [3.05, 3.63) is 69.0 Å². The first kappa shape index (κ1) is 25.3. The van der Waals surface area contributed by atoms with Crippen molar-refractivity contribution in [1.29, 1.82) is 0 Å². The fraction of sp³-hybridized carbons (Fsp3) is 0.333. The Morgan fingerprint density at radius 1 is 1.08 bits per heavy atom. The third-order valence-corrected chi connectivity index (χ3v) is 8.05. The number of ether oxygens (including phenoxy) is 1. The fourth-order valence-electron chi connectivity index (χ4n) is 4.68. The first-order valence-corrected chi connectivity index (χ1v) is 13.5. The first-order chi connectivity index (χ1) is 17.9. The van der Waals surface area contributed by atoms with Gasteiger partial charge in [-0.05, 0) is 55.3 Å². The smallest absolute Gasteiger partial charge is 0.267 e. The lowest BCUT2D eigenvalue weighted by Gasteiger charge is -2.37. The zero-order chi connectivity index (χ0) is 26.1. The molecule has 0 radical (unpaired) electrons. The summed E-state index contributed by atoms with van der Waals surface area (Å²) in [6, 6.07) is 11.8. The number of hydrogen-bond donors (Lipinski definition) is 0. The zero-order valence-electron chi connectivity index (χ0n) is 21.1. The van der Waals surface area contributed by atoms with E-state index in [2.05, 4.69) is 21.9 Å². The Kier molecular flexibility index (Phi) is 7.21. The molecule has 4 heterocycles. The molecule has 1 amide bonds. The summed E-state index contributed by atoms with van der Waals surface area (Å²) < 4.78 is 7.37. The van der Waals surface area contributed by atoms with Crippen molar-refractivity contribution < 1.29 is 9.53 Å². The summed E-state index contributed by atoms with van der Waals surface area (Å²) >= 11 is 6.69. The van der Waals surface area contributed by atoms with E-state index in [1.54, 1.807) is 28.7 Å².